The van der Waals surface area contributed by atoms with E-state index in [1.54, 1.807) is 0 Å². The van der Waals surface area contributed by atoms with Crippen LogP contribution in [0.2, 0.25) is 0 Å². The highest BCUT2D eigenvalue weighted by Crippen LogP contribution is 2.41. The van der Waals surface area contributed by atoms with Crippen LogP contribution in [0.5, 0.6) is 0 Å². The fourth-order valence-corrected chi connectivity index (χ4v) is 6.47. The molecule has 136 valence electrons. The molecule has 0 saturated carbocycles. The minimum atomic E-state index is -3.38. The minimum Gasteiger partial charge on any atom is -0.347 e. The molecule has 0 radical (unpaired) electrons. The highest BCUT2D eigenvalue weighted by Gasteiger charge is 2.43. The summed E-state index contributed by atoms with van der Waals surface area (Å²) >= 11 is 1.25. The molecule has 1 aromatic heterocycles. The van der Waals surface area contributed by atoms with E-state index in [2.05, 4.69) is 11.9 Å². The van der Waals surface area contributed by atoms with Gasteiger partial charge in [0.1, 0.15) is 0 Å². The van der Waals surface area contributed by atoms with Gasteiger partial charge in [0.05, 0.1) is 28.2 Å². The van der Waals surface area contributed by atoms with Gasteiger partial charge in [-0.3, -0.25) is 0 Å². The molecule has 0 N–H and O–H groups in total. The topological polar surface area (TPSA) is 65.5 Å². The first-order valence-corrected chi connectivity index (χ1v) is 11.4. The van der Waals surface area contributed by atoms with Crippen molar-refractivity contribution in [2.45, 2.75) is 67.8 Å². The summed E-state index contributed by atoms with van der Waals surface area (Å²) in [6.07, 6.45) is 5.43. The molecule has 0 bridgehead atoms. The van der Waals surface area contributed by atoms with Gasteiger partial charge < -0.3 is 9.47 Å². The van der Waals surface area contributed by atoms with Crippen LogP contribution in [0.1, 0.15) is 45.4 Å². The maximum Gasteiger partial charge on any atom is 0.210 e. The van der Waals surface area contributed by atoms with E-state index in [4.69, 9.17) is 9.47 Å². The maximum absolute atomic E-state index is 12.7. The Labute approximate surface area is 152 Å². The van der Waals surface area contributed by atoms with Crippen molar-refractivity contribution in [1.82, 2.24) is 4.98 Å². The van der Waals surface area contributed by atoms with E-state index in [9.17, 15) is 8.42 Å². The predicted molar refractivity (Wildman–Crippen MR) is 97.5 cm³/mol. The van der Waals surface area contributed by atoms with E-state index >= 15 is 0 Å². The largest absolute Gasteiger partial charge is 0.347 e. The summed E-state index contributed by atoms with van der Waals surface area (Å²) in [6.45, 7) is 2.07. The number of aromatic nitrogens is 1. The number of hydrogen-bond acceptors (Lipinski definition) is 6. The van der Waals surface area contributed by atoms with Crippen molar-refractivity contribution in [1.29, 1.82) is 0 Å². The third kappa shape index (κ3) is 3.60. The van der Waals surface area contributed by atoms with Gasteiger partial charge in [-0.1, -0.05) is 12.1 Å². The summed E-state index contributed by atoms with van der Waals surface area (Å²) in [5, 5.41) is 0. The van der Waals surface area contributed by atoms with Crippen molar-refractivity contribution in [2.24, 2.45) is 0 Å². The van der Waals surface area contributed by atoms with Crippen molar-refractivity contribution in [3.05, 3.63) is 24.3 Å². The summed E-state index contributed by atoms with van der Waals surface area (Å²) in [5.74, 6) is -0.398. The Balaban J connectivity index is 1.43. The van der Waals surface area contributed by atoms with Gasteiger partial charge in [-0.2, -0.15) is 0 Å². The average molecular weight is 382 g/mol. The molecule has 0 amide bonds. The molecule has 2 aliphatic heterocycles. The fourth-order valence-electron chi connectivity index (χ4n) is 3.76. The van der Waals surface area contributed by atoms with Gasteiger partial charge in [-0.25, -0.2) is 13.4 Å². The molecule has 2 saturated heterocycles. The molecule has 5 nitrogen and oxygen atoms in total. The standard InChI is InChI=1S/C18H23NO4S2/c1-13-8-11-18(22-13)10-4-5-14(23-18)9-12-25(20,21)17-19-15-6-2-3-7-16(15)24-17/h2-3,6-7,13-14H,4-5,8-12H2,1H3/t13-,14+,18-/m1/s1. The highest BCUT2D eigenvalue weighted by molar-refractivity contribution is 7.93. The zero-order valence-electron chi connectivity index (χ0n) is 14.3. The number of sulfone groups is 1. The fraction of sp³-hybridized carbons (Fsp3) is 0.611. The van der Waals surface area contributed by atoms with Crippen LogP contribution in [0.4, 0.5) is 0 Å². The van der Waals surface area contributed by atoms with Crippen LogP contribution in [0.3, 0.4) is 0 Å². The first-order chi connectivity index (χ1) is 12.0. The Hall–Kier alpha value is -1.02. The SMILES string of the molecule is C[C@@H]1CC[C@]2(CCC[C@@H](CCS(=O)(=O)c3nc4ccccc4s3)O2)O1. The summed E-state index contributed by atoms with van der Waals surface area (Å²) in [4.78, 5) is 4.29. The second-order valence-electron chi connectivity index (χ2n) is 7.06. The summed E-state index contributed by atoms with van der Waals surface area (Å²) in [5.41, 5.74) is 0.743. The molecular weight excluding hydrogens is 358 g/mol. The minimum absolute atomic E-state index is 0.0526. The van der Waals surface area contributed by atoms with Crippen LogP contribution in [-0.4, -0.2) is 37.1 Å². The van der Waals surface area contributed by atoms with Gasteiger partial charge in [-0.05, 0) is 44.7 Å². The van der Waals surface area contributed by atoms with Gasteiger partial charge in [-0.15, -0.1) is 11.3 Å². The zero-order valence-corrected chi connectivity index (χ0v) is 15.9. The van der Waals surface area contributed by atoms with E-state index < -0.39 is 15.6 Å². The number of fused-ring (bicyclic) bond motifs is 1. The first kappa shape index (κ1) is 17.4. The number of hydrogen-bond donors (Lipinski definition) is 0. The lowest BCUT2D eigenvalue weighted by Gasteiger charge is -2.38. The van der Waals surface area contributed by atoms with Crippen molar-refractivity contribution < 1.29 is 17.9 Å². The molecule has 7 heteroatoms. The van der Waals surface area contributed by atoms with Gasteiger partial charge in [0.15, 0.2) is 5.79 Å². The second-order valence-corrected chi connectivity index (χ2v) is 10.4. The van der Waals surface area contributed by atoms with Crippen molar-refractivity contribution in [2.75, 3.05) is 5.75 Å². The van der Waals surface area contributed by atoms with E-state index in [0.717, 1.165) is 42.3 Å². The molecule has 25 heavy (non-hydrogen) atoms. The Kier molecular flexibility index (Phi) is 4.60. The summed E-state index contributed by atoms with van der Waals surface area (Å²) in [7, 11) is -3.38. The van der Waals surface area contributed by atoms with E-state index in [-0.39, 0.29) is 22.3 Å². The molecule has 2 fully saturated rings. The van der Waals surface area contributed by atoms with Crippen LogP contribution < -0.4 is 0 Å². The lowest BCUT2D eigenvalue weighted by Crippen LogP contribution is -2.41. The third-order valence-electron chi connectivity index (χ3n) is 5.06. The van der Waals surface area contributed by atoms with E-state index in [1.165, 1.54) is 11.3 Å². The van der Waals surface area contributed by atoms with Crippen LogP contribution in [-0.2, 0) is 19.3 Å². The van der Waals surface area contributed by atoms with Crippen LogP contribution in [0.15, 0.2) is 28.6 Å². The van der Waals surface area contributed by atoms with E-state index in [1.807, 2.05) is 24.3 Å². The van der Waals surface area contributed by atoms with Gasteiger partial charge in [0.2, 0.25) is 14.2 Å². The lowest BCUT2D eigenvalue weighted by molar-refractivity contribution is -0.268. The molecular formula is C18H23NO4S2. The first-order valence-electron chi connectivity index (χ1n) is 8.90. The van der Waals surface area contributed by atoms with Crippen molar-refractivity contribution in [3.8, 4) is 0 Å². The molecule has 1 aromatic carbocycles. The molecule has 3 atom stereocenters. The second kappa shape index (κ2) is 6.61. The van der Waals surface area contributed by atoms with E-state index in [0.29, 0.717) is 6.42 Å². The van der Waals surface area contributed by atoms with Crippen LogP contribution in [0.25, 0.3) is 10.2 Å². The smallest absolute Gasteiger partial charge is 0.210 e. The Morgan fingerprint density at radius 3 is 2.84 bits per heavy atom. The number of nitrogens with zero attached hydrogens (tertiary/aromatic N) is 1. The molecule has 0 unspecified atom stereocenters. The predicted octanol–water partition coefficient (Wildman–Crippen LogP) is 3.92. The quantitative estimate of drug-likeness (QED) is 0.803. The lowest BCUT2D eigenvalue weighted by atomic mass is 9.97. The maximum atomic E-state index is 12.7. The molecule has 2 aliphatic rings. The Morgan fingerprint density at radius 2 is 2.08 bits per heavy atom. The Bertz CT molecular complexity index is 826. The van der Waals surface area contributed by atoms with Crippen LogP contribution in [0, 0.1) is 0 Å². The highest BCUT2D eigenvalue weighted by atomic mass is 32.2. The third-order valence-corrected chi connectivity index (χ3v) is 8.30. The molecule has 0 aliphatic carbocycles. The van der Waals surface area contributed by atoms with Crippen LogP contribution >= 0.6 is 11.3 Å². The summed E-state index contributed by atoms with van der Waals surface area (Å²) < 4.78 is 38.6. The molecule has 1 spiro atoms. The molecule has 3 heterocycles. The zero-order chi connectivity index (χ0) is 17.5. The molecule has 2 aromatic rings. The number of rotatable bonds is 4. The normalized spacial score (nSPS) is 30.3. The van der Waals surface area contributed by atoms with Gasteiger partial charge in [0, 0.05) is 12.8 Å². The average Bonchev–Trinajstić information content (AvgIpc) is 3.18. The monoisotopic (exact) mass is 381 g/mol. The number of para-hydroxylation sites is 1. The Morgan fingerprint density at radius 1 is 1.24 bits per heavy atom. The number of benzene rings is 1. The number of ether oxygens (including phenoxy) is 2. The van der Waals surface area contributed by atoms with Gasteiger partial charge in [0.25, 0.3) is 0 Å². The summed E-state index contributed by atoms with van der Waals surface area (Å²) in [6, 6.07) is 7.52. The molecule has 4 rings (SSSR count). The number of thiazole rings is 1. The van der Waals surface area contributed by atoms with Crippen molar-refractivity contribution in [3.63, 3.8) is 0 Å². The van der Waals surface area contributed by atoms with Gasteiger partial charge >= 0.3 is 0 Å². The van der Waals surface area contributed by atoms with Crippen molar-refractivity contribution >= 4 is 31.4 Å².